The van der Waals surface area contributed by atoms with E-state index in [0.717, 1.165) is 17.1 Å². The Morgan fingerprint density at radius 1 is 1.00 bits per heavy atom. The van der Waals surface area contributed by atoms with E-state index in [4.69, 9.17) is 0 Å². The van der Waals surface area contributed by atoms with Crippen molar-refractivity contribution in [3.05, 3.63) is 82.9 Å². The molecule has 28 heavy (non-hydrogen) atoms. The lowest BCUT2D eigenvalue weighted by Crippen LogP contribution is -2.22. The number of hydrogen-bond acceptors (Lipinski definition) is 2. The Hall–Kier alpha value is -3.41. The van der Waals surface area contributed by atoms with E-state index < -0.39 is 0 Å². The number of nitrogens with zero attached hydrogens (tertiary/aromatic N) is 2. The van der Waals surface area contributed by atoms with Gasteiger partial charge in [0.2, 0.25) is 0 Å². The summed E-state index contributed by atoms with van der Waals surface area (Å²) in [5.41, 5.74) is 3.97. The fourth-order valence-electron chi connectivity index (χ4n) is 3.17. The van der Waals surface area contributed by atoms with Crippen LogP contribution in [-0.4, -0.2) is 35.4 Å². The van der Waals surface area contributed by atoms with E-state index in [-0.39, 0.29) is 17.6 Å². The standard InChI is InChI=1S/C22H22FN3O2/c1-14-12-20(15(2)26(14)19-10-8-17(23)9-11-19)21(27)24-18-7-5-6-16(13-18)22(28)25(3)4/h5-13H,1-4H3,(H,24,27). The molecule has 1 N–H and O–H groups in total. The first-order chi connectivity index (χ1) is 13.3. The fraction of sp³-hybridized carbons (Fsp3) is 0.182. The summed E-state index contributed by atoms with van der Waals surface area (Å²) in [5, 5.41) is 2.85. The molecule has 3 rings (SSSR count). The highest BCUT2D eigenvalue weighted by atomic mass is 19.1. The van der Waals surface area contributed by atoms with E-state index in [1.165, 1.54) is 17.0 Å². The van der Waals surface area contributed by atoms with Crippen molar-refractivity contribution in [1.29, 1.82) is 0 Å². The third kappa shape index (κ3) is 3.81. The smallest absolute Gasteiger partial charge is 0.257 e. The highest BCUT2D eigenvalue weighted by Gasteiger charge is 2.17. The lowest BCUT2D eigenvalue weighted by molar-refractivity contribution is 0.0827. The number of amides is 2. The Bertz CT molecular complexity index is 1040. The van der Waals surface area contributed by atoms with Gasteiger partial charge in [-0.3, -0.25) is 9.59 Å². The average Bonchev–Trinajstić information content (AvgIpc) is 2.96. The lowest BCUT2D eigenvalue weighted by atomic mass is 10.1. The summed E-state index contributed by atoms with van der Waals surface area (Å²) in [5.74, 6) is -0.710. The van der Waals surface area contributed by atoms with Crippen molar-refractivity contribution >= 4 is 17.5 Å². The van der Waals surface area contributed by atoms with E-state index in [2.05, 4.69) is 5.32 Å². The van der Waals surface area contributed by atoms with E-state index in [9.17, 15) is 14.0 Å². The molecular weight excluding hydrogens is 357 g/mol. The maximum atomic E-state index is 13.2. The van der Waals surface area contributed by atoms with Gasteiger partial charge in [0.25, 0.3) is 11.8 Å². The molecule has 6 heteroatoms. The molecule has 0 fully saturated rings. The van der Waals surface area contributed by atoms with Crippen LogP contribution in [0.3, 0.4) is 0 Å². The number of carbonyl (C=O) groups is 2. The van der Waals surface area contributed by atoms with Crippen LogP contribution in [0.1, 0.15) is 32.1 Å². The van der Waals surface area contributed by atoms with Crippen molar-refractivity contribution in [2.24, 2.45) is 0 Å². The third-order valence-electron chi connectivity index (χ3n) is 4.53. The topological polar surface area (TPSA) is 54.3 Å². The molecule has 0 aliphatic carbocycles. The maximum absolute atomic E-state index is 13.2. The number of carbonyl (C=O) groups excluding carboxylic acids is 2. The SMILES string of the molecule is Cc1cc(C(=O)Nc2cccc(C(=O)N(C)C)c2)c(C)n1-c1ccc(F)cc1. The highest BCUT2D eigenvalue weighted by molar-refractivity contribution is 6.06. The molecule has 0 aliphatic heterocycles. The van der Waals surface area contributed by atoms with Crippen LogP contribution in [0.5, 0.6) is 0 Å². The summed E-state index contributed by atoms with van der Waals surface area (Å²) < 4.78 is 15.1. The molecular formula is C22H22FN3O2. The monoisotopic (exact) mass is 379 g/mol. The van der Waals surface area contributed by atoms with E-state index >= 15 is 0 Å². The van der Waals surface area contributed by atoms with Gasteiger partial charge in [0.15, 0.2) is 0 Å². The molecule has 0 bridgehead atoms. The summed E-state index contributed by atoms with van der Waals surface area (Å²) in [6.07, 6.45) is 0. The largest absolute Gasteiger partial charge is 0.345 e. The molecule has 0 unspecified atom stereocenters. The predicted octanol–water partition coefficient (Wildman–Crippen LogP) is 4.19. The molecule has 2 amide bonds. The molecule has 0 saturated heterocycles. The van der Waals surface area contributed by atoms with Crippen LogP contribution in [0.15, 0.2) is 54.6 Å². The summed E-state index contributed by atoms with van der Waals surface area (Å²) in [6.45, 7) is 3.74. The van der Waals surface area contributed by atoms with Crippen LogP contribution in [0.25, 0.3) is 5.69 Å². The van der Waals surface area contributed by atoms with Crippen LogP contribution in [-0.2, 0) is 0 Å². The first kappa shape index (κ1) is 19.4. The molecule has 5 nitrogen and oxygen atoms in total. The quantitative estimate of drug-likeness (QED) is 0.739. The van der Waals surface area contributed by atoms with Crippen LogP contribution >= 0.6 is 0 Å². The van der Waals surface area contributed by atoms with Crippen LogP contribution in [0, 0.1) is 19.7 Å². The van der Waals surface area contributed by atoms with Crippen molar-refractivity contribution in [1.82, 2.24) is 9.47 Å². The maximum Gasteiger partial charge on any atom is 0.257 e. The Balaban J connectivity index is 1.88. The van der Waals surface area contributed by atoms with Crippen molar-refractivity contribution in [3.8, 4) is 5.69 Å². The highest BCUT2D eigenvalue weighted by Crippen LogP contribution is 2.22. The zero-order valence-electron chi connectivity index (χ0n) is 16.3. The van der Waals surface area contributed by atoms with Gasteiger partial charge in [0, 0.05) is 42.4 Å². The number of aromatic nitrogens is 1. The Labute approximate surface area is 163 Å². The van der Waals surface area contributed by atoms with Crippen LogP contribution in [0.2, 0.25) is 0 Å². The molecule has 0 aliphatic rings. The minimum Gasteiger partial charge on any atom is -0.345 e. The van der Waals surface area contributed by atoms with Gasteiger partial charge in [0.05, 0.1) is 5.56 Å². The van der Waals surface area contributed by atoms with Crippen molar-refractivity contribution in [2.75, 3.05) is 19.4 Å². The number of benzene rings is 2. The van der Waals surface area contributed by atoms with Crippen LogP contribution in [0.4, 0.5) is 10.1 Å². The summed E-state index contributed by atoms with van der Waals surface area (Å²) >= 11 is 0. The minimum absolute atomic E-state index is 0.134. The fourth-order valence-corrected chi connectivity index (χ4v) is 3.17. The van der Waals surface area contributed by atoms with Gasteiger partial charge in [-0.25, -0.2) is 4.39 Å². The van der Waals surface area contributed by atoms with Gasteiger partial charge in [0.1, 0.15) is 5.82 Å². The zero-order chi connectivity index (χ0) is 20.4. The molecule has 1 heterocycles. The lowest BCUT2D eigenvalue weighted by Gasteiger charge is -2.12. The second-order valence-corrected chi connectivity index (χ2v) is 6.83. The summed E-state index contributed by atoms with van der Waals surface area (Å²) in [4.78, 5) is 26.4. The zero-order valence-corrected chi connectivity index (χ0v) is 16.3. The van der Waals surface area contributed by atoms with Gasteiger partial charge in [-0.1, -0.05) is 6.07 Å². The third-order valence-corrected chi connectivity index (χ3v) is 4.53. The van der Waals surface area contributed by atoms with E-state index in [1.54, 1.807) is 56.6 Å². The van der Waals surface area contributed by atoms with Gasteiger partial charge < -0.3 is 14.8 Å². The van der Waals surface area contributed by atoms with Crippen molar-refractivity contribution in [3.63, 3.8) is 0 Å². The van der Waals surface area contributed by atoms with Gasteiger partial charge in [-0.05, 0) is 62.4 Å². The summed E-state index contributed by atoms with van der Waals surface area (Å²) in [6, 6.07) is 14.8. The Morgan fingerprint density at radius 3 is 2.32 bits per heavy atom. The first-order valence-electron chi connectivity index (χ1n) is 8.86. The van der Waals surface area contributed by atoms with Crippen LogP contribution < -0.4 is 5.32 Å². The minimum atomic E-state index is -0.309. The van der Waals surface area contributed by atoms with Gasteiger partial charge >= 0.3 is 0 Å². The summed E-state index contributed by atoms with van der Waals surface area (Å²) in [7, 11) is 3.36. The molecule has 3 aromatic rings. The Kier molecular flexibility index (Phi) is 5.31. The second kappa shape index (κ2) is 7.68. The van der Waals surface area contributed by atoms with Gasteiger partial charge in [-0.15, -0.1) is 0 Å². The number of rotatable bonds is 4. The number of hydrogen-bond donors (Lipinski definition) is 1. The van der Waals surface area contributed by atoms with Gasteiger partial charge in [-0.2, -0.15) is 0 Å². The molecule has 2 aromatic carbocycles. The second-order valence-electron chi connectivity index (χ2n) is 6.83. The van der Waals surface area contributed by atoms with E-state index in [1.807, 2.05) is 18.4 Å². The molecule has 0 saturated carbocycles. The number of aryl methyl sites for hydroxylation is 1. The average molecular weight is 379 g/mol. The van der Waals surface area contributed by atoms with E-state index in [0.29, 0.717) is 16.8 Å². The van der Waals surface area contributed by atoms with Crippen molar-refractivity contribution in [2.45, 2.75) is 13.8 Å². The molecule has 144 valence electrons. The molecule has 0 spiro atoms. The van der Waals surface area contributed by atoms with Crippen molar-refractivity contribution < 1.29 is 14.0 Å². The number of halogens is 1. The molecule has 1 aromatic heterocycles. The molecule has 0 radical (unpaired) electrons. The Morgan fingerprint density at radius 2 is 1.68 bits per heavy atom. The number of nitrogens with one attached hydrogen (secondary N) is 1. The number of anilines is 1. The normalized spacial score (nSPS) is 10.6. The first-order valence-corrected chi connectivity index (χ1v) is 8.86. The predicted molar refractivity (Wildman–Crippen MR) is 108 cm³/mol. The molecule has 0 atom stereocenters.